The van der Waals surface area contributed by atoms with Gasteiger partial charge in [-0.25, -0.2) is 0 Å². The third-order valence-corrected chi connectivity index (χ3v) is 10.7. The van der Waals surface area contributed by atoms with Crippen LogP contribution in [0.5, 0.6) is 0 Å². The summed E-state index contributed by atoms with van der Waals surface area (Å²) >= 11 is 5.46. The number of benzene rings is 1. The number of hydrogen-bond donors (Lipinski definition) is 1. The van der Waals surface area contributed by atoms with Crippen LogP contribution in [0, 0.1) is 0 Å². The van der Waals surface area contributed by atoms with Gasteiger partial charge < -0.3 is 0 Å². The summed E-state index contributed by atoms with van der Waals surface area (Å²) in [5.74, 6) is 0. The molecule has 4 aliphatic heterocycles. The van der Waals surface area contributed by atoms with E-state index in [0.717, 1.165) is 31.4 Å². The van der Waals surface area contributed by atoms with Gasteiger partial charge in [0.15, 0.2) is 0 Å². The Morgan fingerprint density at radius 3 is 2.81 bits per heavy atom. The van der Waals surface area contributed by atoms with Crippen LogP contribution in [-0.2, 0) is 35.6 Å². The number of hydrogen-bond acceptors (Lipinski definition) is 9. The van der Waals surface area contributed by atoms with Crippen molar-refractivity contribution >= 4 is 54.7 Å². The van der Waals surface area contributed by atoms with Crippen molar-refractivity contribution in [2.75, 3.05) is 40.1 Å². The number of fused-ring (bicyclic) bond motifs is 2. The molecule has 5 rings (SSSR count). The standard InChI is InChI=1S/C24H37BBrINO8P/c1-29-17-11-19(26)33-18(17)12-32-37(2,36-22-21-23(25)34-24(22,13-30-21)14-31-27)35-20(16-9-6-10-28-16)15-7-4-3-5-8-15/h3-5,7-8,16-23,28,37H,6,9-14,25H2,1-2H3/t16-,17?,18+,19+,20?,21?,22?,23+,24?/m0/s1. The first-order chi connectivity index (χ1) is 17.9. The van der Waals surface area contributed by atoms with Crippen LogP contribution >= 0.6 is 46.9 Å². The molecular formula is C24H37BBrINO8P. The average Bonchev–Trinajstić information content (AvgIpc) is 3.66. The maximum absolute atomic E-state index is 6.98. The van der Waals surface area contributed by atoms with Gasteiger partial charge in [-0.3, -0.25) is 0 Å². The van der Waals surface area contributed by atoms with Gasteiger partial charge in [0, 0.05) is 0 Å². The summed E-state index contributed by atoms with van der Waals surface area (Å²) in [7, 11) is 0.394. The number of nitrogens with one attached hydrogen (secondary N) is 1. The summed E-state index contributed by atoms with van der Waals surface area (Å²) in [5, 5.41) is 3.55. The zero-order valence-electron chi connectivity index (χ0n) is 21.5. The van der Waals surface area contributed by atoms with Crippen LogP contribution in [0.4, 0.5) is 0 Å². The number of methoxy groups -OCH3 is 1. The van der Waals surface area contributed by atoms with E-state index in [1.165, 1.54) is 0 Å². The second kappa shape index (κ2) is 12.6. The van der Waals surface area contributed by atoms with Crippen molar-refractivity contribution in [3.8, 4) is 0 Å². The van der Waals surface area contributed by atoms with E-state index in [2.05, 4.69) is 33.4 Å². The molecule has 0 aromatic heterocycles. The molecule has 0 saturated carbocycles. The monoisotopic (exact) mass is 715 g/mol. The molecule has 2 bridgehead atoms. The molecule has 208 valence electrons. The molecule has 37 heavy (non-hydrogen) atoms. The van der Waals surface area contributed by atoms with Gasteiger partial charge in [-0.2, -0.15) is 0 Å². The van der Waals surface area contributed by atoms with Gasteiger partial charge in [0.25, 0.3) is 0 Å². The Morgan fingerprint density at radius 1 is 1.32 bits per heavy atom. The normalized spacial score (nSPS) is 38.9. The van der Waals surface area contributed by atoms with Crippen LogP contribution in [-0.4, -0.2) is 95.1 Å². The minimum atomic E-state index is -3.32. The minimum absolute atomic E-state index is 0.0713. The Bertz CT molecular complexity index is 894. The first-order valence-corrected chi connectivity index (χ1v) is 17.0. The summed E-state index contributed by atoms with van der Waals surface area (Å²) < 4.78 is 50.2. The molecule has 0 amide bonds. The molecule has 5 unspecified atom stereocenters. The van der Waals surface area contributed by atoms with Crippen molar-refractivity contribution in [1.82, 2.24) is 5.32 Å². The van der Waals surface area contributed by atoms with E-state index in [4.69, 9.17) is 35.6 Å². The fourth-order valence-corrected chi connectivity index (χ4v) is 9.30. The van der Waals surface area contributed by atoms with Gasteiger partial charge in [-0.05, 0) is 0 Å². The topological polar surface area (TPSA) is 85.9 Å². The number of ether oxygens (including phenoxy) is 4. The zero-order chi connectivity index (χ0) is 26.0. The number of alkyl halides is 1. The third-order valence-electron chi connectivity index (χ3n) is 7.76. The zero-order valence-corrected chi connectivity index (χ0v) is 26.2. The summed E-state index contributed by atoms with van der Waals surface area (Å²) in [6.45, 7) is 4.01. The molecule has 9 nitrogen and oxygen atoms in total. The van der Waals surface area contributed by atoms with Crippen molar-refractivity contribution in [2.24, 2.45) is 0 Å². The van der Waals surface area contributed by atoms with Crippen LogP contribution < -0.4 is 5.32 Å². The van der Waals surface area contributed by atoms with E-state index < -0.39 is 13.5 Å². The molecule has 0 radical (unpaired) electrons. The summed E-state index contributed by atoms with van der Waals surface area (Å²) in [4.78, 5) is 0. The van der Waals surface area contributed by atoms with Gasteiger partial charge in [0.2, 0.25) is 0 Å². The molecule has 1 aromatic rings. The van der Waals surface area contributed by atoms with Crippen molar-refractivity contribution < 1.29 is 35.6 Å². The molecule has 0 aliphatic carbocycles. The number of rotatable bonds is 12. The first-order valence-electron chi connectivity index (χ1n) is 13.0. The quantitative estimate of drug-likeness (QED) is 0.152. The summed E-state index contributed by atoms with van der Waals surface area (Å²) in [6, 6.07) is 10.4. The van der Waals surface area contributed by atoms with E-state index in [0.29, 0.717) is 19.8 Å². The van der Waals surface area contributed by atoms with E-state index in [-0.39, 0.29) is 47.6 Å². The molecule has 13 heteroatoms. The van der Waals surface area contributed by atoms with Gasteiger partial charge >= 0.3 is 244 Å². The molecular weight excluding hydrogens is 679 g/mol. The molecule has 4 heterocycles. The summed E-state index contributed by atoms with van der Waals surface area (Å²) in [5.41, 5.74) is 0.404. The maximum atomic E-state index is 6.98. The van der Waals surface area contributed by atoms with Gasteiger partial charge in [0.1, 0.15) is 0 Å². The van der Waals surface area contributed by atoms with Crippen LogP contribution in [0.2, 0.25) is 0 Å². The molecule has 4 aliphatic rings. The van der Waals surface area contributed by atoms with E-state index in [1.54, 1.807) is 7.11 Å². The second-order valence-corrected chi connectivity index (χ2v) is 14.5. The number of halogens is 2. The van der Waals surface area contributed by atoms with Crippen molar-refractivity contribution in [2.45, 2.75) is 72.4 Å². The summed E-state index contributed by atoms with van der Waals surface area (Å²) in [6.07, 6.45) is 1.78. The fourth-order valence-electron chi connectivity index (χ4n) is 5.90. The second-order valence-electron chi connectivity index (χ2n) is 10.4. The molecule has 1 N–H and O–H groups in total. The van der Waals surface area contributed by atoms with Gasteiger partial charge in [0.05, 0.1) is 0 Å². The molecule has 0 spiro atoms. The molecule has 9 atom stereocenters. The SMILES string of the molecule is B[C@@H]1OC2(COI)COC1C2O[PH](C)(OC[C@H]1O[C@@H](Br)CC1OC)OC(c1ccccc1)[C@@H]1CCCN1. The first kappa shape index (κ1) is 29.1. The molecule has 4 fully saturated rings. The Balaban J connectivity index is 1.41. The fraction of sp³-hybridized carbons (Fsp3) is 0.750. The average molecular weight is 716 g/mol. The van der Waals surface area contributed by atoms with E-state index in [9.17, 15) is 0 Å². The Labute approximate surface area is 243 Å². The third kappa shape index (κ3) is 6.41. The Morgan fingerprint density at radius 2 is 2.14 bits per heavy atom. The van der Waals surface area contributed by atoms with Crippen LogP contribution in [0.25, 0.3) is 0 Å². The van der Waals surface area contributed by atoms with Gasteiger partial charge in [-0.15, -0.1) is 0 Å². The van der Waals surface area contributed by atoms with E-state index in [1.807, 2.05) is 55.7 Å². The van der Waals surface area contributed by atoms with Crippen LogP contribution in [0.15, 0.2) is 30.3 Å². The molecule has 4 saturated heterocycles. The van der Waals surface area contributed by atoms with Crippen molar-refractivity contribution in [3.63, 3.8) is 0 Å². The van der Waals surface area contributed by atoms with E-state index >= 15 is 0 Å². The van der Waals surface area contributed by atoms with Crippen LogP contribution in [0.3, 0.4) is 0 Å². The van der Waals surface area contributed by atoms with Crippen molar-refractivity contribution in [1.29, 1.82) is 0 Å². The Hall–Kier alpha value is 0.565. The predicted octanol–water partition coefficient (Wildman–Crippen LogP) is 3.04. The predicted molar refractivity (Wildman–Crippen MR) is 155 cm³/mol. The van der Waals surface area contributed by atoms with Gasteiger partial charge in [-0.1, -0.05) is 0 Å². The van der Waals surface area contributed by atoms with Crippen molar-refractivity contribution in [3.05, 3.63) is 35.9 Å². The Kier molecular flexibility index (Phi) is 9.91. The van der Waals surface area contributed by atoms with Crippen LogP contribution in [0.1, 0.15) is 30.9 Å². The molecule has 1 aromatic carbocycles.